The van der Waals surface area contributed by atoms with Gasteiger partial charge in [0, 0.05) is 36.3 Å². The van der Waals surface area contributed by atoms with Gasteiger partial charge in [0.2, 0.25) is 0 Å². The molecule has 1 heterocycles. The van der Waals surface area contributed by atoms with Crippen molar-refractivity contribution in [2.45, 2.75) is 45.9 Å². The van der Waals surface area contributed by atoms with Crippen molar-refractivity contribution >= 4 is 23.7 Å². The van der Waals surface area contributed by atoms with Gasteiger partial charge in [0.1, 0.15) is 5.75 Å². The molecule has 0 spiro atoms. The second-order valence-corrected chi connectivity index (χ2v) is 6.87. The van der Waals surface area contributed by atoms with E-state index in [0.29, 0.717) is 42.8 Å². The van der Waals surface area contributed by atoms with E-state index in [4.69, 9.17) is 16.3 Å². The van der Waals surface area contributed by atoms with E-state index in [1.165, 1.54) is 12.1 Å². The van der Waals surface area contributed by atoms with E-state index in [1.807, 2.05) is 6.92 Å². The number of carbonyl (C=O) groups excluding carboxylic acids is 1. The largest absolute Gasteiger partial charge is 0.450 e. The van der Waals surface area contributed by atoms with E-state index in [0.717, 1.165) is 12.8 Å². The molecule has 0 unspecified atom stereocenters. The van der Waals surface area contributed by atoms with Crippen molar-refractivity contribution in [1.82, 2.24) is 15.5 Å². The number of hydrogen-bond acceptors (Lipinski definition) is 4. The Morgan fingerprint density at radius 3 is 2.69 bits per heavy atom. The fourth-order valence-corrected chi connectivity index (χ4v) is 3.18. The van der Waals surface area contributed by atoms with Crippen LogP contribution in [0.15, 0.2) is 23.2 Å². The summed E-state index contributed by atoms with van der Waals surface area (Å²) in [6.07, 6.45) is 1.21. The molecule has 29 heavy (non-hydrogen) atoms. The van der Waals surface area contributed by atoms with Crippen molar-refractivity contribution in [2.24, 2.45) is 4.99 Å². The standard InChI is InChI=1S/C19H27ClF2N4O3/c1-3-23-18(25-15-7-9-26(10-8-15)19(27)28-4-2)24-12-13-11-14(20)5-6-16(13)29-17(21)22/h5-6,11,15,17H,3-4,7-10,12H2,1-2H3,(H2,23,24,25). The summed E-state index contributed by atoms with van der Waals surface area (Å²) in [5, 5.41) is 6.89. The minimum Gasteiger partial charge on any atom is -0.450 e. The van der Waals surface area contributed by atoms with Crippen molar-refractivity contribution in [3.63, 3.8) is 0 Å². The lowest BCUT2D eigenvalue weighted by atomic mass is 10.1. The maximum atomic E-state index is 12.6. The van der Waals surface area contributed by atoms with Gasteiger partial charge < -0.3 is 25.0 Å². The Bertz CT molecular complexity index is 698. The van der Waals surface area contributed by atoms with Gasteiger partial charge in [-0.3, -0.25) is 0 Å². The molecule has 1 aliphatic heterocycles. The topological polar surface area (TPSA) is 75.2 Å². The van der Waals surface area contributed by atoms with Crippen molar-refractivity contribution < 1.29 is 23.0 Å². The number of nitrogens with one attached hydrogen (secondary N) is 2. The van der Waals surface area contributed by atoms with Crippen LogP contribution in [0.5, 0.6) is 5.75 Å². The highest BCUT2D eigenvalue weighted by atomic mass is 35.5. The van der Waals surface area contributed by atoms with Crippen molar-refractivity contribution in [2.75, 3.05) is 26.2 Å². The first kappa shape index (κ1) is 23.0. The summed E-state index contributed by atoms with van der Waals surface area (Å²) in [5.41, 5.74) is 0.465. The molecule has 2 N–H and O–H groups in total. The summed E-state index contributed by atoms with van der Waals surface area (Å²) in [5.74, 6) is 0.608. The Morgan fingerprint density at radius 1 is 1.34 bits per heavy atom. The van der Waals surface area contributed by atoms with Gasteiger partial charge in [0.15, 0.2) is 5.96 Å². The molecule has 0 atom stereocenters. The summed E-state index contributed by atoms with van der Waals surface area (Å²) in [4.78, 5) is 18.0. The molecule has 162 valence electrons. The van der Waals surface area contributed by atoms with Gasteiger partial charge in [0.05, 0.1) is 13.2 Å². The van der Waals surface area contributed by atoms with Gasteiger partial charge in [-0.1, -0.05) is 11.6 Å². The highest BCUT2D eigenvalue weighted by molar-refractivity contribution is 6.30. The third-order valence-corrected chi connectivity index (χ3v) is 4.59. The molecular weight excluding hydrogens is 406 g/mol. The predicted octanol–water partition coefficient (Wildman–Crippen LogP) is 3.62. The van der Waals surface area contributed by atoms with E-state index in [-0.39, 0.29) is 24.4 Å². The predicted molar refractivity (Wildman–Crippen MR) is 108 cm³/mol. The number of piperidine rings is 1. The van der Waals surface area contributed by atoms with Crippen LogP contribution < -0.4 is 15.4 Å². The summed E-state index contributed by atoms with van der Waals surface area (Å²) >= 11 is 5.98. The number of hydrogen-bond donors (Lipinski definition) is 2. The molecule has 10 heteroatoms. The lowest BCUT2D eigenvalue weighted by Gasteiger charge is -2.32. The second kappa shape index (κ2) is 11.6. The van der Waals surface area contributed by atoms with Crippen molar-refractivity contribution in [1.29, 1.82) is 0 Å². The third-order valence-electron chi connectivity index (χ3n) is 4.35. The maximum absolute atomic E-state index is 12.6. The number of alkyl halides is 2. The van der Waals surface area contributed by atoms with Crippen LogP contribution in [-0.2, 0) is 11.3 Å². The lowest BCUT2D eigenvalue weighted by Crippen LogP contribution is -2.49. The van der Waals surface area contributed by atoms with E-state index in [9.17, 15) is 13.6 Å². The monoisotopic (exact) mass is 432 g/mol. The normalized spacial score (nSPS) is 15.4. The van der Waals surface area contributed by atoms with Gasteiger partial charge in [-0.05, 0) is 44.9 Å². The molecule has 1 aromatic carbocycles. The number of aliphatic imine (C=N–C) groups is 1. The molecule has 0 saturated carbocycles. The molecule has 2 rings (SSSR count). The van der Waals surface area contributed by atoms with E-state index in [2.05, 4.69) is 20.4 Å². The fourth-order valence-electron chi connectivity index (χ4n) is 2.98. The first-order chi connectivity index (χ1) is 13.9. The van der Waals surface area contributed by atoms with E-state index < -0.39 is 6.61 Å². The molecule has 0 aliphatic carbocycles. The smallest absolute Gasteiger partial charge is 0.409 e. The van der Waals surface area contributed by atoms with Gasteiger partial charge >= 0.3 is 12.7 Å². The van der Waals surface area contributed by atoms with Crippen LogP contribution >= 0.6 is 11.6 Å². The SMILES string of the molecule is CCNC(=NCc1cc(Cl)ccc1OC(F)F)NC1CCN(C(=O)OCC)CC1. The average Bonchev–Trinajstić information content (AvgIpc) is 2.68. The summed E-state index contributed by atoms with van der Waals surface area (Å²) in [6, 6.07) is 4.59. The summed E-state index contributed by atoms with van der Waals surface area (Å²) in [6.45, 7) is 3.11. The molecule has 1 amide bonds. The van der Waals surface area contributed by atoms with Crippen LogP contribution in [0.4, 0.5) is 13.6 Å². The number of nitrogens with zero attached hydrogens (tertiary/aromatic N) is 2. The Hall–Kier alpha value is -2.29. The number of guanidine groups is 1. The number of likely N-dealkylation sites (tertiary alicyclic amines) is 1. The maximum Gasteiger partial charge on any atom is 0.409 e. The second-order valence-electron chi connectivity index (χ2n) is 6.43. The Kier molecular flexibility index (Phi) is 9.24. The van der Waals surface area contributed by atoms with Crippen molar-refractivity contribution in [3.05, 3.63) is 28.8 Å². The van der Waals surface area contributed by atoms with Gasteiger partial charge in [-0.15, -0.1) is 0 Å². The molecule has 0 radical (unpaired) electrons. The number of ether oxygens (including phenoxy) is 2. The summed E-state index contributed by atoms with van der Waals surface area (Å²) in [7, 11) is 0. The molecule has 1 saturated heterocycles. The van der Waals surface area contributed by atoms with Gasteiger partial charge in [-0.2, -0.15) is 8.78 Å². The molecule has 1 aromatic rings. The van der Waals surface area contributed by atoms with Crippen LogP contribution in [0.1, 0.15) is 32.3 Å². The van der Waals surface area contributed by atoms with E-state index >= 15 is 0 Å². The van der Waals surface area contributed by atoms with Gasteiger partial charge in [-0.25, -0.2) is 9.79 Å². The number of halogens is 3. The molecule has 0 bridgehead atoms. The van der Waals surface area contributed by atoms with Crippen LogP contribution in [0.25, 0.3) is 0 Å². The quantitative estimate of drug-likeness (QED) is 0.508. The Morgan fingerprint density at radius 2 is 2.07 bits per heavy atom. The molecular formula is C19H27ClF2N4O3. The zero-order valence-electron chi connectivity index (χ0n) is 16.6. The minimum atomic E-state index is -2.92. The van der Waals surface area contributed by atoms with Crippen LogP contribution in [-0.4, -0.2) is 55.8 Å². The lowest BCUT2D eigenvalue weighted by molar-refractivity contribution is -0.0504. The van der Waals surface area contributed by atoms with Crippen LogP contribution in [0.2, 0.25) is 5.02 Å². The Labute approximate surface area is 174 Å². The first-order valence-corrected chi connectivity index (χ1v) is 10.0. The third kappa shape index (κ3) is 7.56. The first-order valence-electron chi connectivity index (χ1n) is 9.62. The van der Waals surface area contributed by atoms with E-state index in [1.54, 1.807) is 17.9 Å². The number of amides is 1. The highest BCUT2D eigenvalue weighted by Gasteiger charge is 2.24. The number of carbonyl (C=O) groups is 1. The minimum absolute atomic E-state index is 0.0479. The zero-order chi connectivity index (χ0) is 21.2. The molecule has 1 aliphatic rings. The molecule has 1 fully saturated rings. The highest BCUT2D eigenvalue weighted by Crippen LogP contribution is 2.25. The van der Waals surface area contributed by atoms with Crippen molar-refractivity contribution in [3.8, 4) is 5.75 Å². The molecule has 0 aromatic heterocycles. The number of rotatable bonds is 7. The summed E-state index contributed by atoms with van der Waals surface area (Å²) < 4.78 is 34.8. The Balaban J connectivity index is 1.99. The average molecular weight is 433 g/mol. The van der Waals surface area contributed by atoms with Crippen LogP contribution in [0.3, 0.4) is 0 Å². The molecule has 7 nitrogen and oxygen atoms in total. The zero-order valence-corrected chi connectivity index (χ0v) is 17.3. The number of benzene rings is 1. The van der Waals surface area contributed by atoms with Crippen LogP contribution in [0, 0.1) is 0 Å². The fraction of sp³-hybridized carbons (Fsp3) is 0.579. The van der Waals surface area contributed by atoms with Gasteiger partial charge in [0.25, 0.3) is 0 Å².